The van der Waals surface area contributed by atoms with E-state index in [9.17, 15) is 5.11 Å². The molecule has 8 heteroatoms. The second-order valence-corrected chi connectivity index (χ2v) is 7.87. The number of hydrogen-bond donors (Lipinski definition) is 1. The number of aromatic nitrogens is 2. The lowest BCUT2D eigenvalue weighted by Gasteiger charge is -2.41. The van der Waals surface area contributed by atoms with Crippen LogP contribution in [0.5, 0.6) is 0 Å². The monoisotopic (exact) mass is 377 g/mol. The average molecular weight is 377 g/mol. The summed E-state index contributed by atoms with van der Waals surface area (Å²) in [7, 11) is 0. The van der Waals surface area contributed by atoms with Crippen molar-refractivity contribution in [2.45, 2.75) is 25.4 Å². The second kappa shape index (κ2) is 8.26. The van der Waals surface area contributed by atoms with Crippen LogP contribution in [-0.4, -0.2) is 97.8 Å². The maximum absolute atomic E-state index is 10.8. The molecule has 3 aliphatic rings. The van der Waals surface area contributed by atoms with Gasteiger partial charge in [0.15, 0.2) is 0 Å². The Balaban J connectivity index is 1.37. The van der Waals surface area contributed by atoms with Crippen molar-refractivity contribution >= 4 is 11.8 Å². The first-order valence-corrected chi connectivity index (χ1v) is 10.1. The van der Waals surface area contributed by atoms with E-state index in [2.05, 4.69) is 25.8 Å². The molecule has 0 atom stereocenters. The predicted octanol–water partition coefficient (Wildman–Crippen LogP) is 0.285. The van der Waals surface area contributed by atoms with E-state index in [1.807, 2.05) is 6.92 Å². The Morgan fingerprint density at radius 3 is 2.30 bits per heavy atom. The second-order valence-electron chi connectivity index (χ2n) is 7.87. The van der Waals surface area contributed by atoms with E-state index >= 15 is 0 Å². The van der Waals surface area contributed by atoms with Gasteiger partial charge in [0, 0.05) is 83.6 Å². The topological polar surface area (TPSA) is 74.2 Å². The van der Waals surface area contributed by atoms with Crippen molar-refractivity contribution in [3.63, 3.8) is 0 Å². The Hall–Kier alpha value is -1.48. The molecule has 0 saturated carbocycles. The maximum atomic E-state index is 10.8. The third-order valence-corrected chi connectivity index (χ3v) is 5.76. The minimum atomic E-state index is -0.588. The zero-order valence-electron chi connectivity index (χ0n) is 16.3. The van der Waals surface area contributed by atoms with E-state index in [1.165, 1.54) is 0 Å². The van der Waals surface area contributed by atoms with Crippen LogP contribution >= 0.6 is 0 Å². The number of nitrogens with zero attached hydrogens (tertiary/aromatic N) is 5. The molecule has 0 radical (unpaired) electrons. The predicted molar refractivity (Wildman–Crippen MR) is 103 cm³/mol. The zero-order chi connectivity index (χ0) is 18.7. The summed E-state index contributed by atoms with van der Waals surface area (Å²) < 4.78 is 10.8. The van der Waals surface area contributed by atoms with E-state index in [0.29, 0.717) is 13.2 Å². The summed E-state index contributed by atoms with van der Waals surface area (Å²) >= 11 is 0. The Morgan fingerprint density at radius 1 is 0.926 bits per heavy atom. The molecule has 1 N–H and O–H groups in total. The molecule has 0 spiro atoms. The van der Waals surface area contributed by atoms with Gasteiger partial charge in [-0.15, -0.1) is 0 Å². The highest BCUT2D eigenvalue weighted by molar-refractivity contribution is 5.46. The van der Waals surface area contributed by atoms with Crippen LogP contribution in [0.3, 0.4) is 0 Å². The van der Waals surface area contributed by atoms with Crippen LogP contribution < -0.4 is 9.80 Å². The van der Waals surface area contributed by atoms with Gasteiger partial charge in [0.1, 0.15) is 5.82 Å². The number of morpholine rings is 1. The van der Waals surface area contributed by atoms with Crippen LogP contribution in [0, 0.1) is 6.92 Å². The van der Waals surface area contributed by atoms with Gasteiger partial charge in [-0.05, 0) is 6.92 Å². The highest BCUT2D eigenvalue weighted by Crippen LogP contribution is 2.24. The van der Waals surface area contributed by atoms with E-state index in [4.69, 9.17) is 14.5 Å². The van der Waals surface area contributed by atoms with Crippen molar-refractivity contribution in [2.75, 3.05) is 82.0 Å². The largest absolute Gasteiger partial charge is 0.388 e. The highest BCUT2D eigenvalue weighted by atomic mass is 16.5. The highest BCUT2D eigenvalue weighted by Gasteiger charge is 2.33. The van der Waals surface area contributed by atoms with Crippen LogP contribution in [0.15, 0.2) is 6.07 Å². The van der Waals surface area contributed by atoms with Gasteiger partial charge in [0.25, 0.3) is 0 Å². The number of piperazine rings is 1. The minimum Gasteiger partial charge on any atom is -0.388 e. The fourth-order valence-electron chi connectivity index (χ4n) is 4.06. The fraction of sp³-hybridized carbons (Fsp3) is 0.789. The molecule has 1 aromatic rings. The Kier molecular flexibility index (Phi) is 5.77. The van der Waals surface area contributed by atoms with Gasteiger partial charge in [0.05, 0.1) is 18.8 Å². The number of aryl methyl sites for hydroxylation is 1. The lowest BCUT2D eigenvalue weighted by atomic mass is 9.93. The number of aliphatic hydroxyl groups is 1. The SMILES string of the molecule is Cc1cc(N2CCN(CC3(O)CCOCC3)CC2)nc(N2CCOCC2)n1. The summed E-state index contributed by atoms with van der Waals surface area (Å²) in [6.45, 7) is 11.0. The molecule has 3 saturated heterocycles. The molecule has 3 fully saturated rings. The third-order valence-electron chi connectivity index (χ3n) is 5.76. The third kappa shape index (κ3) is 4.68. The molecule has 0 bridgehead atoms. The standard InChI is InChI=1S/C19H31N5O3/c1-16-14-17(21-18(20-16)24-8-12-27-13-9-24)23-6-4-22(5-7-23)15-19(25)2-10-26-11-3-19/h14,25H,2-13,15H2,1H3. The Labute approximate surface area is 161 Å². The zero-order valence-corrected chi connectivity index (χ0v) is 16.3. The smallest absolute Gasteiger partial charge is 0.227 e. The van der Waals surface area contributed by atoms with Gasteiger partial charge in [-0.1, -0.05) is 0 Å². The van der Waals surface area contributed by atoms with Crippen LogP contribution in [0.25, 0.3) is 0 Å². The Bertz CT molecular complexity index is 624. The minimum absolute atomic E-state index is 0.588. The Morgan fingerprint density at radius 2 is 1.59 bits per heavy atom. The molecule has 0 unspecified atom stereocenters. The molecule has 1 aromatic heterocycles. The molecule has 0 amide bonds. The van der Waals surface area contributed by atoms with Crippen molar-refractivity contribution in [3.05, 3.63) is 11.8 Å². The van der Waals surface area contributed by atoms with Gasteiger partial charge in [-0.25, -0.2) is 4.98 Å². The van der Waals surface area contributed by atoms with Crippen LogP contribution in [0.2, 0.25) is 0 Å². The molecule has 4 rings (SSSR count). The molecular weight excluding hydrogens is 346 g/mol. The van der Waals surface area contributed by atoms with Crippen LogP contribution in [0.4, 0.5) is 11.8 Å². The van der Waals surface area contributed by atoms with Crippen molar-refractivity contribution in [1.29, 1.82) is 0 Å². The van der Waals surface area contributed by atoms with Gasteiger partial charge in [-0.2, -0.15) is 4.98 Å². The first-order chi connectivity index (χ1) is 13.1. The van der Waals surface area contributed by atoms with Crippen molar-refractivity contribution in [1.82, 2.24) is 14.9 Å². The fourth-order valence-corrected chi connectivity index (χ4v) is 4.06. The van der Waals surface area contributed by atoms with Crippen molar-refractivity contribution < 1.29 is 14.6 Å². The number of anilines is 2. The van der Waals surface area contributed by atoms with E-state index in [0.717, 1.165) is 89.3 Å². The number of hydrogen-bond acceptors (Lipinski definition) is 8. The first kappa shape index (κ1) is 18.9. The van der Waals surface area contributed by atoms with Gasteiger partial charge in [0.2, 0.25) is 5.95 Å². The van der Waals surface area contributed by atoms with Crippen molar-refractivity contribution in [2.24, 2.45) is 0 Å². The molecule has 4 heterocycles. The molecular formula is C19H31N5O3. The molecule has 150 valence electrons. The van der Waals surface area contributed by atoms with E-state index in [1.54, 1.807) is 0 Å². The van der Waals surface area contributed by atoms with Gasteiger partial charge < -0.3 is 24.4 Å². The van der Waals surface area contributed by atoms with Crippen LogP contribution in [-0.2, 0) is 9.47 Å². The van der Waals surface area contributed by atoms with Gasteiger partial charge >= 0.3 is 0 Å². The summed E-state index contributed by atoms with van der Waals surface area (Å²) in [4.78, 5) is 16.4. The van der Waals surface area contributed by atoms with Crippen molar-refractivity contribution in [3.8, 4) is 0 Å². The molecule has 27 heavy (non-hydrogen) atoms. The average Bonchev–Trinajstić information content (AvgIpc) is 2.69. The summed E-state index contributed by atoms with van der Waals surface area (Å²) in [5.74, 6) is 1.82. The number of β-amino-alcohol motifs (C(OH)–C–C–N with tert-alkyl or cyclic N) is 1. The summed E-state index contributed by atoms with van der Waals surface area (Å²) in [6.07, 6.45) is 1.47. The lowest BCUT2D eigenvalue weighted by Crippen LogP contribution is -2.53. The quantitative estimate of drug-likeness (QED) is 0.802. The van der Waals surface area contributed by atoms with E-state index in [-0.39, 0.29) is 0 Å². The van der Waals surface area contributed by atoms with E-state index < -0.39 is 5.60 Å². The summed E-state index contributed by atoms with van der Waals surface area (Å²) in [5.41, 5.74) is 0.413. The summed E-state index contributed by atoms with van der Waals surface area (Å²) in [6, 6.07) is 2.08. The molecule has 0 aromatic carbocycles. The normalized spacial score (nSPS) is 24.2. The molecule has 8 nitrogen and oxygen atoms in total. The number of ether oxygens (including phenoxy) is 2. The molecule has 3 aliphatic heterocycles. The first-order valence-electron chi connectivity index (χ1n) is 10.1. The summed E-state index contributed by atoms with van der Waals surface area (Å²) in [5, 5.41) is 10.8. The van der Waals surface area contributed by atoms with Gasteiger partial charge in [-0.3, -0.25) is 4.90 Å². The molecule has 0 aliphatic carbocycles. The maximum Gasteiger partial charge on any atom is 0.227 e. The lowest BCUT2D eigenvalue weighted by molar-refractivity contribution is -0.0802. The number of rotatable bonds is 4. The van der Waals surface area contributed by atoms with Crippen LogP contribution in [0.1, 0.15) is 18.5 Å².